The normalized spacial score (nSPS) is 19.1. The quantitative estimate of drug-likeness (QED) is 0.908. The second kappa shape index (κ2) is 6.78. The summed E-state index contributed by atoms with van der Waals surface area (Å²) in [6.07, 6.45) is 5.70. The summed E-state index contributed by atoms with van der Waals surface area (Å²) >= 11 is 0. The number of likely N-dealkylation sites (tertiary alicyclic amines) is 1. The summed E-state index contributed by atoms with van der Waals surface area (Å²) in [6, 6.07) is 12.4. The first-order valence-electron chi connectivity index (χ1n) is 7.68. The lowest BCUT2D eigenvalue weighted by atomic mass is 10.0. The van der Waals surface area contributed by atoms with Crippen molar-refractivity contribution in [3.8, 4) is 11.1 Å². The van der Waals surface area contributed by atoms with Crippen molar-refractivity contribution in [3.63, 3.8) is 0 Å². The molecule has 1 aliphatic heterocycles. The Kier molecular flexibility index (Phi) is 4.75. The largest absolute Gasteiger partial charge is 0.297 e. The van der Waals surface area contributed by atoms with Gasteiger partial charge in [-0.2, -0.15) is 0 Å². The zero-order chi connectivity index (χ0) is 16.3. The molecule has 1 N–H and O–H groups in total. The topological polar surface area (TPSA) is 62.3 Å². The van der Waals surface area contributed by atoms with Crippen LogP contribution in [0.15, 0.2) is 48.8 Å². The fourth-order valence-electron chi connectivity index (χ4n) is 3.02. The molecule has 2 aromatic rings. The summed E-state index contributed by atoms with van der Waals surface area (Å²) in [4.78, 5) is 6.45. The smallest absolute Gasteiger partial charge is 0.208 e. The number of hydrogen-bond acceptors (Lipinski definition) is 4. The molecule has 0 saturated carbocycles. The van der Waals surface area contributed by atoms with Gasteiger partial charge < -0.3 is 0 Å². The van der Waals surface area contributed by atoms with Crippen LogP contribution in [0.2, 0.25) is 0 Å². The molecule has 0 spiro atoms. The third-order valence-corrected chi connectivity index (χ3v) is 4.74. The fraction of sp³-hybridized carbons (Fsp3) is 0.353. The molecule has 1 aromatic heterocycles. The molecule has 23 heavy (non-hydrogen) atoms. The molecule has 2 heterocycles. The van der Waals surface area contributed by atoms with Crippen molar-refractivity contribution in [3.05, 3.63) is 54.4 Å². The Morgan fingerprint density at radius 3 is 2.83 bits per heavy atom. The molecule has 0 amide bonds. The van der Waals surface area contributed by atoms with Gasteiger partial charge in [0.25, 0.3) is 0 Å². The van der Waals surface area contributed by atoms with Gasteiger partial charge in [0.1, 0.15) is 0 Å². The lowest BCUT2D eigenvalue weighted by Gasteiger charge is -2.17. The van der Waals surface area contributed by atoms with Crippen molar-refractivity contribution in [2.24, 2.45) is 0 Å². The minimum atomic E-state index is -3.13. The molecule has 1 aliphatic rings. The van der Waals surface area contributed by atoms with Gasteiger partial charge in [0.15, 0.2) is 0 Å². The molecular formula is C17H21N3O2S. The monoisotopic (exact) mass is 331 g/mol. The Morgan fingerprint density at radius 2 is 2.09 bits per heavy atom. The molecule has 0 radical (unpaired) electrons. The molecule has 122 valence electrons. The molecule has 5 nitrogen and oxygen atoms in total. The van der Waals surface area contributed by atoms with E-state index in [4.69, 9.17) is 0 Å². The molecular weight excluding hydrogens is 310 g/mol. The van der Waals surface area contributed by atoms with Gasteiger partial charge in [-0.3, -0.25) is 9.88 Å². The molecule has 1 aromatic carbocycles. The summed E-state index contributed by atoms with van der Waals surface area (Å²) < 4.78 is 25.3. The number of hydrogen-bond donors (Lipinski definition) is 1. The van der Waals surface area contributed by atoms with Crippen LogP contribution in [0.3, 0.4) is 0 Å². The number of rotatable bonds is 5. The van der Waals surface area contributed by atoms with E-state index in [9.17, 15) is 8.42 Å². The average Bonchev–Trinajstić information content (AvgIpc) is 2.93. The van der Waals surface area contributed by atoms with E-state index in [-0.39, 0.29) is 6.04 Å². The van der Waals surface area contributed by atoms with Gasteiger partial charge in [0, 0.05) is 38.1 Å². The highest BCUT2D eigenvalue weighted by Gasteiger charge is 2.24. The first-order valence-corrected chi connectivity index (χ1v) is 9.58. The molecule has 3 rings (SSSR count). The molecule has 1 unspecified atom stereocenters. The summed E-state index contributed by atoms with van der Waals surface area (Å²) in [7, 11) is -3.13. The van der Waals surface area contributed by atoms with Gasteiger partial charge in [-0.25, -0.2) is 13.1 Å². The number of benzene rings is 1. The van der Waals surface area contributed by atoms with E-state index in [0.29, 0.717) is 0 Å². The van der Waals surface area contributed by atoms with Crippen LogP contribution in [-0.4, -0.2) is 43.7 Å². The number of aromatic nitrogens is 1. The fourth-order valence-corrected chi connectivity index (χ4v) is 3.81. The van der Waals surface area contributed by atoms with E-state index in [1.54, 1.807) is 6.20 Å². The first-order chi connectivity index (χ1) is 11.0. The Hall–Kier alpha value is -1.76. The van der Waals surface area contributed by atoms with E-state index in [1.165, 1.54) is 11.8 Å². The lowest BCUT2D eigenvalue weighted by molar-refractivity contribution is 0.325. The maximum absolute atomic E-state index is 11.3. The number of nitrogens with one attached hydrogen (secondary N) is 1. The van der Waals surface area contributed by atoms with Gasteiger partial charge >= 0.3 is 0 Å². The van der Waals surface area contributed by atoms with Crippen molar-refractivity contribution >= 4 is 10.0 Å². The molecule has 1 fully saturated rings. The van der Waals surface area contributed by atoms with Crippen molar-refractivity contribution in [2.45, 2.75) is 19.0 Å². The molecule has 6 heteroatoms. The highest BCUT2D eigenvalue weighted by molar-refractivity contribution is 7.88. The van der Waals surface area contributed by atoms with Crippen molar-refractivity contribution in [1.82, 2.24) is 14.6 Å². The maximum atomic E-state index is 11.3. The predicted octanol–water partition coefficient (Wildman–Crippen LogP) is 1.87. The minimum absolute atomic E-state index is 0.0199. The van der Waals surface area contributed by atoms with Gasteiger partial charge in [-0.1, -0.05) is 24.3 Å². The van der Waals surface area contributed by atoms with Gasteiger partial charge in [-0.05, 0) is 35.2 Å². The van der Waals surface area contributed by atoms with Crippen LogP contribution in [0.1, 0.15) is 12.0 Å². The summed E-state index contributed by atoms with van der Waals surface area (Å²) in [6.45, 7) is 2.49. The third kappa shape index (κ3) is 4.60. The summed E-state index contributed by atoms with van der Waals surface area (Å²) in [5, 5.41) is 0. The number of nitrogens with zero attached hydrogens (tertiary/aromatic N) is 2. The zero-order valence-electron chi connectivity index (χ0n) is 13.1. The number of sulfonamides is 1. The number of pyridine rings is 1. The summed E-state index contributed by atoms with van der Waals surface area (Å²) in [5.74, 6) is 0. The van der Waals surface area contributed by atoms with E-state index in [1.807, 2.05) is 18.3 Å². The second-order valence-corrected chi connectivity index (χ2v) is 7.83. The molecule has 0 aliphatic carbocycles. The SMILES string of the molecule is CS(=O)(=O)NC1CCN(Cc2cccc(-c3cccnc3)c2)C1. The van der Waals surface area contributed by atoms with Crippen LogP contribution in [0.5, 0.6) is 0 Å². The van der Waals surface area contributed by atoms with Crippen molar-refractivity contribution in [2.75, 3.05) is 19.3 Å². The molecule has 1 atom stereocenters. The van der Waals surface area contributed by atoms with E-state index in [2.05, 4.69) is 38.9 Å². The van der Waals surface area contributed by atoms with Crippen LogP contribution in [-0.2, 0) is 16.6 Å². The Bertz CT molecular complexity index is 762. The van der Waals surface area contributed by atoms with Crippen molar-refractivity contribution < 1.29 is 8.42 Å². The summed E-state index contributed by atoms with van der Waals surface area (Å²) in [5.41, 5.74) is 3.49. The maximum Gasteiger partial charge on any atom is 0.208 e. The van der Waals surface area contributed by atoms with Crippen LogP contribution < -0.4 is 4.72 Å². The highest BCUT2D eigenvalue weighted by Crippen LogP contribution is 2.21. The van der Waals surface area contributed by atoms with E-state index in [0.717, 1.165) is 37.2 Å². The van der Waals surface area contributed by atoms with Crippen molar-refractivity contribution in [1.29, 1.82) is 0 Å². The van der Waals surface area contributed by atoms with Gasteiger partial charge in [0.05, 0.1) is 6.26 Å². The minimum Gasteiger partial charge on any atom is -0.297 e. The molecule has 1 saturated heterocycles. The van der Waals surface area contributed by atoms with Crippen LogP contribution in [0, 0.1) is 0 Å². The second-order valence-electron chi connectivity index (χ2n) is 6.05. The standard InChI is InChI=1S/C17H21N3O2S/c1-23(21,22)19-17-7-9-20(13-17)12-14-4-2-5-15(10-14)16-6-3-8-18-11-16/h2-6,8,10-11,17,19H,7,9,12-13H2,1H3. The zero-order valence-corrected chi connectivity index (χ0v) is 14.0. The average molecular weight is 331 g/mol. The lowest BCUT2D eigenvalue weighted by Crippen LogP contribution is -2.36. The Morgan fingerprint density at radius 1 is 1.26 bits per heavy atom. The van der Waals surface area contributed by atoms with E-state index >= 15 is 0 Å². The van der Waals surface area contributed by atoms with Crippen LogP contribution in [0.25, 0.3) is 11.1 Å². The van der Waals surface area contributed by atoms with Crippen LogP contribution >= 0.6 is 0 Å². The Balaban J connectivity index is 1.65. The highest BCUT2D eigenvalue weighted by atomic mass is 32.2. The third-order valence-electron chi connectivity index (χ3n) is 3.98. The van der Waals surface area contributed by atoms with Gasteiger partial charge in [-0.15, -0.1) is 0 Å². The Labute approximate surface area is 137 Å². The van der Waals surface area contributed by atoms with Gasteiger partial charge in [0.2, 0.25) is 10.0 Å². The molecule has 0 bridgehead atoms. The predicted molar refractivity (Wildman–Crippen MR) is 91.3 cm³/mol. The van der Waals surface area contributed by atoms with E-state index < -0.39 is 10.0 Å². The van der Waals surface area contributed by atoms with Crippen LogP contribution in [0.4, 0.5) is 0 Å². The first kappa shape index (κ1) is 16.1.